The highest BCUT2D eigenvalue weighted by Gasteiger charge is 2.44. The minimum Gasteiger partial charge on any atom is -0.497 e. The highest BCUT2D eigenvalue weighted by Crippen LogP contribution is 2.30. The number of nitro groups is 1. The Morgan fingerprint density at radius 2 is 1.73 bits per heavy atom. The van der Waals surface area contributed by atoms with Crippen molar-refractivity contribution in [2.45, 2.75) is 17.4 Å². The molecular weight excluding hydrogens is 452 g/mol. The van der Waals surface area contributed by atoms with Crippen LogP contribution in [0, 0.1) is 10.1 Å². The number of para-hydroxylation sites is 1. The third-order valence-electron chi connectivity index (χ3n) is 5.83. The Balaban J connectivity index is 1.48. The summed E-state index contributed by atoms with van der Waals surface area (Å²) in [5.74, 6) is -0.193. The number of carbonyl (C=O) groups excluding carboxylic acids is 2. The van der Waals surface area contributed by atoms with Crippen LogP contribution in [0.15, 0.2) is 53.4 Å². The second kappa shape index (κ2) is 8.89. The average molecular weight is 474 g/mol. The first-order chi connectivity index (χ1) is 15.7. The number of sulfonamides is 1. The second-order valence-electron chi connectivity index (χ2n) is 7.65. The minimum atomic E-state index is -4.08. The second-order valence-corrected chi connectivity index (χ2v) is 9.56. The molecule has 0 aromatic heterocycles. The summed E-state index contributed by atoms with van der Waals surface area (Å²) in [6.07, 6.45) is -0.00699. The van der Waals surface area contributed by atoms with Crippen molar-refractivity contribution < 1.29 is 27.7 Å². The lowest BCUT2D eigenvalue weighted by Gasteiger charge is -2.36. The number of rotatable bonds is 6. The van der Waals surface area contributed by atoms with Crippen LogP contribution in [0.4, 0.5) is 11.4 Å². The Morgan fingerprint density at radius 3 is 2.39 bits per heavy atom. The zero-order valence-electron chi connectivity index (χ0n) is 17.8. The maximum atomic E-state index is 13.1. The molecule has 2 heterocycles. The zero-order chi connectivity index (χ0) is 23.8. The maximum Gasteiger partial charge on any atom is 0.289 e. The first kappa shape index (κ1) is 22.8. The van der Waals surface area contributed by atoms with Crippen molar-refractivity contribution in [2.75, 3.05) is 38.2 Å². The van der Waals surface area contributed by atoms with E-state index in [1.54, 1.807) is 29.2 Å². The van der Waals surface area contributed by atoms with Crippen LogP contribution < -0.4 is 9.64 Å². The highest BCUT2D eigenvalue weighted by molar-refractivity contribution is 7.89. The van der Waals surface area contributed by atoms with Gasteiger partial charge in [-0.25, -0.2) is 13.3 Å². The molecule has 174 valence electrons. The van der Waals surface area contributed by atoms with E-state index in [-0.39, 0.29) is 49.3 Å². The van der Waals surface area contributed by atoms with Gasteiger partial charge in [-0.3, -0.25) is 24.6 Å². The molecule has 0 unspecified atom stereocenters. The van der Waals surface area contributed by atoms with Crippen molar-refractivity contribution in [3.63, 3.8) is 0 Å². The third-order valence-corrected chi connectivity index (χ3v) is 7.77. The predicted molar refractivity (Wildman–Crippen MR) is 117 cm³/mol. The molecule has 2 aliphatic heterocycles. The summed E-state index contributed by atoms with van der Waals surface area (Å²) in [7, 11) is -2.59. The van der Waals surface area contributed by atoms with E-state index < -0.39 is 26.7 Å². The monoisotopic (exact) mass is 474 g/mol. The van der Waals surface area contributed by atoms with Crippen molar-refractivity contribution in [1.29, 1.82) is 0 Å². The quantitative estimate of drug-likeness (QED) is 0.347. The van der Waals surface area contributed by atoms with E-state index in [1.807, 2.05) is 0 Å². The van der Waals surface area contributed by atoms with Crippen molar-refractivity contribution in [3.8, 4) is 5.75 Å². The average Bonchev–Trinajstić information content (AvgIpc) is 3.12. The number of anilines is 1. The smallest absolute Gasteiger partial charge is 0.289 e. The van der Waals surface area contributed by atoms with Crippen LogP contribution >= 0.6 is 0 Å². The Labute approximate surface area is 190 Å². The molecule has 0 aliphatic carbocycles. The molecule has 1 atom stereocenters. The standard InChI is InChI=1S/C21H22N4O7S/c1-32-16-6-4-5-15(13-16)24-20(26)14-18(21(24)27)22-9-11-23(12-10-22)33(30,31)19-8-3-2-7-17(19)25(28)29/h2-8,13,18H,9-12,14H2,1H3/t18-/m1/s1. The summed E-state index contributed by atoms with van der Waals surface area (Å²) in [5, 5.41) is 11.3. The number of nitrogens with zero attached hydrogens (tertiary/aromatic N) is 4. The molecule has 2 aromatic rings. The normalized spacial score (nSPS) is 20.3. The molecule has 4 rings (SSSR count). The van der Waals surface area contributed by atoms with Gasteiger partial charge in [0.25, 0.3) is 11.6 Å². The molecule has 12 heteroatoms. The van der Waals surface area contributed by atoms with Gasteiger partial charge in [0.2, 0.25) is 15.9 Å². The number of hydrogen-bond acceptors (Lipinski definition) is 8. The van der Waals surface area contributed by atoms with Gasteiger partial charge in [0, 0.05) is 38.3 Å². The summed E-state index contributed by atoms with van der Waals surface area (Å²) >= 11 is 0. The maximum absolute atomic E-state index is 13.1. The van der Waals surface area contributed by atoms with Gasteiger partial charge < -0.3 is 4.74 Å². The molecule has 2 fully saturated rings. The van der Waals surface area contributed by atoms with Gasteiger partial charge in [-0.15, -0.1) is 0 Å². The zero-order valence-corrected chi connectivity index (χ0v) is 18.6. The van der Waals surface area contributed by atoms with Crippen molar-refractivity contribution in [2.24, 2.45) is 0 Å². The molecule has 2 saturated heterocycles. The van der Waals surface area contributed by atoms with Crippen molar-refractivity contribution in [3.05, 3.63) is 58.6 Å². The van der Waals surface area contributed by atoms with Crippen LogP contribution in [-0.4, -0.2) is 73.7 Å². The van der Waals surface area contributed by atoms with Crippen LogP contribution in [0.25, 0.3) is 0 Å². The van der Waals surface area contributed by atoms with E-state index in [9.17, 15) is 28.1 Å². The molecule has 0 saturated carbocycles. The molecule has 0 N–H and O–H groups in total. The number of hydrogen-bond donors (Lipinski definition) is 0. The molecule has 11 nitrogen and oxygen atoms in total. The van der Waals surface area contributed by atoms with Crippen molar-refractivity contribution in [1.82, 2.24) is 9.21 Å². The largest absolute Gasteiger partial charge is 0.497 e. The topological polar surface area (TPSA) is 130 Å². The SMILES string of the molecule is COc1cccc(N2C(=O)C[C@@H](N3CCN(S(=O)(=O)c4ccccc4[N+](=O)[O-])CC3)C2=O)c1. The van der Waals surface area contributed by atoms with Gasteiger partial charge in [-0.2, -0.15) is 4.31 Å². The fraction of sp³-hybridized carbons (Fsp3) is 0.333. The van der Waals surface area contributed by atoms with Gasteiger partial charge in [0.05, 0.1) is 30.2 Å². The minimum absolute atomic E-state index is 0.00699. The number of carbonyl (C=O) groups is 2. The molecule has 33 heavy (non-hydrogen) atoms. The number of benzene rings is 2. The van der Waals surface area contributed by atoms with Gasteiger partial charge >= 0.3 is 0 Å². The Bertz CT molecular complexity index is 1210. The number of imide groups is 1. The number of nitro benzene ring substituents is 1. The molecular formula is C21H22N4O7S. The van der Waals surface area contributed by atoms with E-state index in [0.717, 1.165) is 11.0 Å². The fourth-order valence-electron chi connectivity index (χ4n) is 4.14. The molecule has 0 bridgehead atoms. The lowest BCUT2D eigenvalue weighted by molar-refractivity contribution is -0.387. The van der Waals surface area contributed by atoms with Gasteiger partial charge in [0.1, 0.15) is 5.75 Å². The van der Waals surface area contributed by atoms with E-state index >= 15 is 0 Å². The number of ether oxygens (including phenoxy) is 1. The molecule has 2 aromatic carbocycles. The third kappa shape index (κ3) is 4.19. The molecule has 0 radical (unpaired) electrons. The first-order valence-corrected chi connectivity index (χ1v) is 11.7. The molecule has 2 aliphatic rings. The Hall–Kier alpha value is -3.35. The highest BCUT2D eigenvalue weighted by atomic mass is 32.2. The summed E-state index contributed by atoms with van der Waals surface area (Å²) < 4.78 is 32.4. The van der Waals surface area contributed by atoms with E-state index in [1.165, 1.54) is 29.6 Å². The summed E-state index contributed by atoms with van der Waals surface area (Å²) in [5.41, 5.74) is -0.0603. The number of amides is 2. The lowest BCUT2D eigenvalue weighted by atomic mass is 10.2. The van der Waals surface area contributed by atoms with Crippen LogP contribution in [0.5, 0.6) is 5.75 Å². The molecule has 2 amide bonds. The van der Waals surface area contributed by atoms with E-state index in [2.05, 4.69) is 0 Å². The first-order valence-electron chi connectivity index (χ1n) is 10.2. The summed E-state index contributed by atoms with van der Waals surface area (Å²) in [6, 6.07) is 11.2. The lowest BCUT2D eigenvalue weighted by Crippen LogP contribution is -2.53. The summed E-state index contributed by atoms with van der Waals surface area (Å²) in [4.78, 5) is 38.8. The van der Waals surface area contributed by atoms with E-state index in [4.69, 9.17) is 4.74 Å². The number of methoxy groups -OCH3 is 1. The Kier molecular flexibility index (Phi) is 6.15. The van der Waals surface area contributed by atoms with Crippen LogP contribution in [0.2, 0.25) is 0 Å². The summed E-state index contributed by atoms with van der Waals surface area (Å²) in [6.45, 7) is 0.530. The Morgan fingerprint density at radius 1 is 1.03 bits per heavy atom. The molecule has 0 spiro atoms. The van der Waals surface area contributed by atoms with Crippen LogP contribution in [-0.2, 0) is 19.6 Å². The fourth-order valence-corrected chi connectivity index (χ4v) is 5.72. The van der Waals surface area contributed by atoms with Crippen LogP contribution in [0.3, 0.4) is 0 Å². The predicted octanol–water partition coefficient (Wildman–Crippen LogP) is 1.24. The van der Waals surface area contributed by atoms with Crippen molar-refractivity contribution >= 4 is 33.2 Å². The van der Waals surface area contributed by atoms with E-state index in [0.29, 0.717) is 11.4 Å². The number of piperazine rings is 1. The van der Waals surface area contributed by atoms with Gasteiger partial charge in [-0.1, -0.05) is 18.2 Å². The van der Waals surface area contributed by atoms with Gasteiger partial charge in [0.15, 0.2) is 4.90 Å². The van der Waals surface area contributed by atoms with Crippen LogP contribution in [0.1, 0.15) is 6.42 Å². The van der Waals surface area contributed by atoms with Gasteiger partial charge in [-0.05, 0) is 18.2 Å².